The predicted octanol–water partition coefficient (Wildman–Crippen LogP) is 2.73. The first-order valence-corrected chi connectivity index (χ1v) is 7.11. The van der Waals surface area contributed by atoms with Crippen LogP contribution in [0, 0.1) is 0 Å². The van der Waals surface area contributed by atoms with Gasteiger partial charge in [-0.1, -0.05) is 0 Å². The molecule has 0 radical (unpaired) electrons. The molecule has 0 aromatic carbocycles. The smallest absolute Gasteiger partial charge is 0.181 e. The van der Waals surface area contributed by atoms with Gasteiger partial charge in [-0.3, -0.25) is 9.36 Å². The first kappa shape index (κ1) is 11.6. The number of fused-ring (bicyclic) bond motifs is 1. The molecule has 0 aliphatic heterocycles. The van der Waals surface area contributed by atoms with Crippen LogP contribution in [0.15, 0.2) is 24.7 Å². The number of rotatable bonds is 3. The molecule has 20 heavy (non-hydrogen) atoms. The molecule has 0 saturated heterocycles. The zero-order chi connectivity index (χ0) is 13.7. The minimum atomic E-state index is 0.686. The fourth-order valence-corrected chi connectivity index (χ4v) is 2.66. The van der Waals surface area contributed by atoms with Crippen LogP contribution >= 0.6 is 0 Å². The Balaban J connectivity index is 1.93. The van der Waals surface area contributed by atoms with Crippen LogP contribution in [-0.2, 0) is 13.6 Å². The van der Waals surface area contributed by atoms with Crippen LogP contribution in [0.25, 0.3) is 22.3 Å². The molecule has 5 nitrogen and oxygen atoms in total. The van der Waals surface area contributed by atoms with E-state index in [1.165, 1.54) is 23.8 Å². The van der Waals surface area contributed by atoms with E-state index in [1.54, 1.807) is 0 Å². The molecular weight excluding hydrogens is 250 g/mol. The van der Waals surface area contributed by atoms with Crippen LogP contribution < -0.4 is 0 Å². The van der Waals surface area contributed by atoms with Crippen LogP contribution in [0.3, 0.4) is 0 Å². The van der Waals surface area contributed by atoms with E-state index in [1.807, 2.05) is 28.8 Å². The second-order valence-corrected chi connectivity index (χ2v) is 5.50. The van der Waals surface area contributed by atoms with E-state index < -0.39 is 0 Å². The highest BCUT2D eigenvalue weighted by molar-refractivity contribution is 5.82. The van der Waals surface area contributed by atoms with Crippen molar-refractivity contribution >= 4 is 11.0 Å². The van der Waals surface area contributed by atoms with Gasteiger partial charge in [-0.05, 0) is 37.3 Å². The van der Waals surface area contributed by atoms with E-state index in [0.29, 0.717) is 5.92 Å². The van der Waals surface area contributed by atoms with Gasteiger partial charge in [0.2, 0.25) is 0 Å². The fourth-order valence-electron chi connectivity index (χ4n) is 2.66. The lowest BCUT2D eigenvalue weighted by atomic mass is 10.1. The standard InChI is InChI=1S/C15H17N5/c1-3-20-9-13-12(10-4-5-10)6-14(17-15(13)18-20)11-7-16-19(2)8-11/h6-10H,3-5H2,1-2H3. The summed E-state index contributed by atoms with van der Waals surface area (Å²) in [6, 6.07) is 2.22. The number of pyridine rings is 1. The minimum Gasteiger partial charge on any atom is -0.275 e. The van der Waals surface area contributed by atoms with Gasteiger partial charge in [-0.2, -0.15) is 10.2 Å². The van der Waals surface area contributed by atoms with Crippen molar-refractivity contribution in [2.75, 3.05) is 0 Å². The van der Waals surface area contributed by atoms with E-state index in [4.69, 9.17) is 4.98 Å². The average Bonchev–Trinajstić information content (AvgIpc) is 3.06. The molecule has 5 heteroatoms. The molecule has 1 aliphatic carbocycles. The van der Waals surface area contributed by atoms with E-state index in [-0.39, 0.29) is 0 Å². The van der Waals surface area contributed by atoms with Crippen LogP contribution in [-0.4, -0.2) is 24.5 Å². The Hall–Kier alpha value is -2.17. The van der Waals surface area contributed by atoms with E-state index in [2.05, 4.69) is 29.4 Å². The van der Waals surface area contributed by atoms with Gasteiger partial charge in [-0.15, -0.1) is 0 Å². The van der Waals surface area contributed by atoms with Crippen LogP contribution in [0.4, 0.5) is 0 Å². The van der Waals surface area contributed by atoms with Gasteiger partial charge in [0, 0.05) is 36.9 Å². The molecule has 1 aliphatic rings. The van der Waals surface area contributed by atoms with Gasteiger partial charge in [0.15, 0.2) is 5.65 Å². The Morgan fingerprint density at radius 3 is 2.80 bits per heavy atom. The number of hydrogen-bond acceptors (Lipinski definition) is 3. The molecule has 0 N–H and O–H groups in total. The quantitative estimate of drug-likeness (QED) is 0.733. The first-order valence-electron chi connectivity index (χ1n) is 7.11. The van der Waals surface area contributed by atoms with Crippen molar-refractivity contribution in [1.82, 2.24) is 24.5 Å². The molecule has 1 saturated carbocycles. The molecular formula is C15H17N5. The summed E-state index contributed by atoms with van der Waals surface area (Å²) in [5, 5.41) is 10.0. The minimum absolute atomic E-state index is 0.686. The van der Waals surface area contributed by atoms with Crippen LogP contribution in [0.2, 0.25) is 0 Å². The van der Waals surface area contributed by atoms with Gasteiger partial charge in [-0.25, -0.2) is 4.98 Å². The summed E-state index contributed by atoms with van der Waals surface area (Å²) in [4.78, 5) is 4.71. The Bertz CT molecular complexity index is 779. The second kappa shape index (κ2) is 4.16. The van der Waals surface area contributed by atoms with Crippen molar-refractivity contribution in [2.24, 2.45) is 7.05 Å². The molecule has 1 fully saturated rings. The lowest BCUT2D eigenvalue weighted by Gasteiger charge is -2.03. The molecule has 0 bridgehead atoms. The van der Waals surface area contributed by atoms with Gasteiger partial charge in [0.25, 0.3) is 0 Å². The monoisotopic (exact) mass is 267 g/mol. The highest BCUT2D eigenvalue weighted by atomic mass is 15.3. The maximum atomic E-state index is 4.71. The third kappa shape index (κ3) is 1.81. The average molecular weight is 267 g/mol. The highest BCUT2D eigenvalue weighted by Gasteiger charge is 2.27. The molecule has 3 heterocycles. The third-order valence-electron chi connectivity index (χ3n) is 3.91. The summed E-state index contributed by atoms with van der Waals surface area (Å²) in [7, 11) is 1.93. The fraction of sp³-hybridized carbons (Fsp3) is 0.400. The highest BCUT2D eigenvalue weighted by Crippen LogP contribution is 2.43. The van der Waals surface area contributed by atoms with Crippen molar-refractivity contribution in [2.45, 2.75) is 32.2 Å². The largest absolute Gasteiger partial charge is 0.275 e. The SMILES string of the molecule is CCn1cc2c(C3CC3)cc(-c3cnn(C)c3)nc2n1. The topological polar surface area (TPSA) is 48.5 Å². The zero-order valence-corrected chi connectivity index (χ0v) is 11.7. The number of nitrogens with zero attached hydrogens (tertiary/aromatic N) is 5. The van der Waals surface area contributed by atoms with E-state index in [9.17, 15) is 0 Å². The Kier molecular flexibility index (Phi) is 2.42. The molecule has 3 aromatic rings. The van der Waals surface area contributed by atoms with Crippen molar-refractivity contribution in [3.05, 3.63) is 30.2 Å². The lowest BCUT2D eigenvalue weighted by molar-refractivity contribution is 0.666. The Morgan fingerprint density at radius 1 is 1.30 bits per heavy atom. The van der Waals surface area contributed by atoms with Crippen molar-refractivity contribution < 1.29 is 0 Å². The van der Waals surface area contributed by atoms with Gasteiger partial charge in [0.1, 0.15) is 0 Å². The molecule has 102 valence electrons. The van der Waals surface area contributed by atoms with E-state index in [0.717, 1.165) is 23.4 Å². The van der Waals surface area contributed by atoms with Crippen molar-refractivity contribution in [3.8, 4) is 11.3 Å². The van der Waals surface area contributed by atoms with Gasteiger partial charge >= 0.3 is 0 Å². The zero-order valence-electron chi connectivity index (χ0n) is 11.7. The summed E-state index contributed by atoms with van der Waals surface area (Å²) in [6.07, 6.45) is 8.55. The summed E-state index contributed by atoms with van der Waals surface area (Å²) in [5.41, 5.74) is 4.29. The summed E-state index contributed by atoms with van der Waals surface area (Å²) in [6.45, 7) is 2.98. The molecule has 3 aromatic heterocycles. The first-order chi connectivity index (χ1) is 9.74. The summed E-state index contributed by atoms with van der Waals surface area (Å²) >= 11 is 0. The van der Waals surface area contributed by atoms with Crippen LogP contribution in [0.1, 0.15) is 31.2 Å². The molecule has 0 atom stereocenters. The normalized spacial score (nSPS) is 15.1. The maximum Gasteiger partial charge on any atom is 0.181 e. The Morgan fingerprint density at radius 2 is 2.15 bits per heavy atom. The summed E-state index contributed by atoms with van der Waals surface area (Å²) in [5.74, 6) is 0.686. The van der Waals surface area contributed by atoms with E-state index >= 15 is 0 Å². The Labute approximate surface area is 117 Å². The molecule has 0 unspecified atom stereocenters. The van der Waals surface area contributed by atoms with Crippen molar-refractivity contribution in [3.63, 3.8) is 0 Å². The molecule has 0 spiro atoms. The number of hydrogen-bond donors (Lipinski definition) is 0. The lowest BCUT2D eigenvalue weighted by Crippen LogP contribution is -1.93. The van der Waals surface area contributed by atoms with Crippen LogP contribution in [0.5, 0.6) is 0 Å². The van der Waals surface area contributed by atoms with Gasteiger partial charge in [0.05, 0.1) is 11.9 Å². The second-order valence-electron chi connectivity index (χ2n) is 5.50. The third-order valence-corrected chi connectivity index (χ3v) is 3.91. The maximum absolute atomic E-state index is 4.71. The van der Waals surface area contributed by atoms with Gasteiger partial charge < -0.3 is 0 Å². The molecule has 4 rings (SSSR count). The predicted molar refractivity (Wildman–Crippen MR) is 77.4 cm³/mol. The van der Waals surface area contributed by atoms with Crippen molar-refractivity contribution in [1.29, 1.82) is 0 Å². The number of aromatic nitrogens is 5. The number of aryl methyl sites for hydroxylation is 2. The molecule has 0 amide bonds. The summed E-state index contributed by atoms with van der Waals surface area (Å²) < 4.78 is 3.78.